The molecule has 0 saturated heterocycles. The van der Waals surface area contributed by atoms with Gasteiger partial charge in [0.15, 0.2) is 16.7 Å². The van der Waals surface area contributed by atoms with E-state index in [9.17, 15) is 0 Å². The van der Waals surface area contributed by atoms with Gasteiger partial charge in [-0.2, -0.15) is 0 Å². The summed E-state index contributed by atoms with van der Waals surface area (Å²) in [5, 5.41) is 13.0. The van der Waals surface area contributed by atoms with Crippen molar-refractivity contribution in [3.63, 3.8) is 0 Å². The van der Waals surface area contributed by atoms with Crippen LogP contribution in [0.5, 0.6) is 11.5 Å². The van der Waals surface area contributed by atoms with Gasteiger partial charge in [-0.25, -0.2) is 4.98 Å². The minimum atomic E-state index is 0.526. The fourth-order valence-corrected chi connectivity index (χ4v) is 5.29. The Kier molecular flexibility index (Phi) is 6.14. The summed E-state index contributed by atoms with van der Waals surface area (Å²) in [5.74, 6) is 3.80. The fourth-order valence-electron chi connectivity index (χ4n) is 3.52. The minimum Gasteiger partial charge on any atom is -0.493 e. The molecular weight excluding hydrogens is 440 g/mol. The topological polar surface area (TPSA) is 62.1 Å². The first-order chi connectivity index (χ1) is 15.8. The Hall–Kier alpha value is -2.84. The van der Waals surface area contributed by atoms with Crippen LogP contribution in [-0.2, 0) is 5.75 Å². The lowest BCUT2D eigenvalue weighted by atomic mass is 10.2. The van der Waals surface area contributed by atoms with Crippen LogP contribution in [-0.4, -0.2) is 33.5 Å². The van der Waals surface area contributed by atoms with E-state index in [1.165, 1.54) is 12.8 Å². The Labute approximate surface area is 195 Å². The average Bonchev–Trinajstić information content (AvgIpc) is 3.41. The molecule has 0 aliphatic heterocycles. The number of methoxy groups -OCH3 is 1. The van der Waals surface area contributed by atoms with Crippen LogP contribution in [0.15, 0.2) is 59.1 Å². The van der Waals surface area contributed by atoms with Crippen LogP contribution in [0.1, 0.15) is 37.2 Å². The second-order valence-corrected chi connectivity index (χ2v) is 9.32. The molecule has 0 N–H and O–H groups in total. The third-order valence-electron chi connectivity index (χ3n) is 5.23. The number of ether oxygens (including phenoxy) is 2. The van der Waals surface area contributed by atoms with Crippen molar-refractivity contribution in [3.8, 4) is 27.8 Å². The van der Waals surface area contributed by atoms with Gasteiger partial charge in [0.05, 0.1) is 19.4 Å². The van der Waals surface area contributed by atoms with Crippen molar-refractivity contribution < 1.29 is 9.47 Å². The molecule has 0 atom stereocenters. The van der Waals surface area contributed by atoms with Crippen LogP contribution < -0.4 is 9.47 Å². The first-order valence-corrected chi connectivity index (χ1v) is 12.5. The van der Waals surface area contributed by atoms with Gasteiger partial charge in [-0.3, -0.25) is 4.57 Å². The van der Waals surface area contributed by atoms with Crippen molar-refractivity contribution in [2.45, 2.75) is 36.6 Å². The molecule has 8 heteroatoms. The molecule has 0 radical (unpaired) electrons. The van der Waals surface area contributed by atoms with Crippen LogP contribution in [0.4, 0.5) is 0 Å². The number of nitrogens with zero attached hydrogens (tertiary/aromatic N) is 4. The molecule has 2 aromatic heterocycles. The van der Waals surface area contributed by atoms with Gasteiger partial charge in [-0.1, -0.05) is 30.0 Å². The second kappa shape index (κ2) is 9.34. The standard InChI is InChI=1S/C24H24N4O2S2/c1-3-30-20-12-11-17(13-21(20)29-2)23-25-18(14-31-23)15-32-24-27-26-22(16-9-10-16)28(24)19-7-5-4-6-8-19/h4-8,11-14,16H,3,9-10,15H2,1-2H3. The van der Waals surface area contributed by atoms with E-state index in [2.05, 4.69) is 44.4 Å². The summed E-state index contributed by atoms with van der Waals surface area (Å²) in [6.45, 7) is 2.56. The van der Waals surface area contributed by atoms with Crippen LogP contribution in [0.2, 0.25) is 0 Å². The molecule has 164 valence electrons. The van der Waals surface area contributed by atoms with E-state index in [0.717, 1.165) is 50.2 Å². The van der Waals surface area contributed by atoms with E-state index >= 15 is 0 Å². The van der Waals surface area contributed by atoms with E-state index in [4.69, 9.17) is 14.5 Å². The SMILES string of the molecule is CCOc1ccc(-c2nc(CSc3nnc(C4CC4)n3-c3ccccc3)cs2)cc1OC. The normalized spacial score (nSPS) is 13.3. The van der Waals surface area contributed by atoms with E-state index in [-0.39, 0.29) is 0 Å². The molecule has 1 aliphatic rings. The maximum Gasteiger partial charge on any atom is 0.196 e. The molecule has 0 unspecified atom stereocenters. The lowest BCUT2D eigenvalue weighted by molar-refractivity contribution is 0.311. The molecule has 2 aromatic carbocycles. The quantitative estimate of drug-likeness (QED) is 0.285. The molecule has 4 aromatic rings. The third-order valence-corrected chi connectivity index (χ3v) is 7.13. The predicted octanol–water partition coefficient (Wildman–Crippen LogP) is 5.97. The van der Waals surface area contributed by atoms with Gasteiger partial charge in [0.2, 0.25) is 0 Å². The first kappa shape index (κ1) is 21.0. The van der Waals surface area contributed by atoms with Crippen molar-refractivity contribution in [3.05, 3.63) is 65.4 Å². The summed E-state index contributed by atoms with van der Waals surface area (Å²) in [6, 6.07) is 16.3. The molecular formula is C24H24N4O2S2. The molecule has 2 heterocycles. The summed E-state index contributed by atoms with van der Waals surface area (Å²) in [4.78, 5) is 4.85. The Morgan fingerprint density at radius 1 is 1.09 bits per heavy atom. The Morgan fingerprint density at radius 3 is 2.69 bits per heavy atom. The minimum absolute atomic E-state index is 0.526. The lowest BCUT2D eigenvalue weighted by Crippen LogP contribution is -2.01. The van der Waals surface area contributed by atoms with E-state index in [0.29, 0.717) is 12.5 Å². The van der Waals surface area contributed by atoms with Gasteiger partial charge >= 0.3 is 0 Å². The molecule has 0 amide bonds. The molecule has 5 rings (SSSR count). The molecule has 1 aliphatic carbocycles. The highest BCUT2D eigenvalue weighted by Gasteiger charge is 2.31. The van der Waals surface area contributed by atoms with E-state index in [1.807, 2.05) is 31.2 Å². The number of benzene rings is 2. The average molecular weight is 465 g/mol. The highest BCUT2D eigenvalue weighted by atomic mass is 32.2. The summed E-state index contributed by atoms with van der Waals surface area (Å²) >= 11 is 3.31. The highest BCUT2D eigenvalue weighted by molar-refractivity contribution is 7.98. The number of hydrogen-bond donors (Lipinski definition) is 0. The number of hydrogen-bond acceptors (Lipinski definition) is 7. The number of thiazole rings is 1. The van der Waals surface area contributed by atoms with Crippen molar-refractivity contribution >= 4 is 23.1 Å². The van der Waals surface area contributed by atoms with Gasteiger partial charge in [-0.15, -0.1) is 21.5 Å². The maximum atomic E-state index is 5.62. The van der Waals surface area contributed by atoms with E-state index in [1.54, 1.807) is 30.2 Å². The zero-order valence-corrected chi connectivity index (χ0v) is 19.7. The van der Waals surface area contributed by atoms with Gasteiger partial charge in [0, 0.05) is 28.3 Å². The molecule has 0 spiro atoms. The first-order valence-electron chi connectivity index (χ1n) is 10.7. The number of thioether (sulfide) groups is 1. The van der Waals surface area contributed by atoms with Crippen molar-refractivity contribution in [2.24, 2.45) is 0 Å². The summed E-state index contributed by atoms with van der Waals surface area (Å²) < 4.78 is 13.3. The number of aromatic nitrogens is 4. The number of rotatable bonds is 9. The Bertz CT molecular complexity index is 1200. The van der Waals surface area contributed by atoms with Crippen molar-refractivity contribution in [1.82, 2.24) is 19.7 Å². The summed E-state index contributed by atoms with van der Waals surface area (Å²) in [6.07, 6.45) is 2.38. The second-order valence-electron chi connectivity index (χ2n) is 7.52. The van der Waals surface area contributed by atoms with Crippen LogP contribution >= 0.6 is 23.1 Å². The van der Waals surface area contributed by atoms with Gasteiger partial charge < -0.3 is 9.47 Å². The molecule has 32 heavy (non-hydrogen) atoms. The van der Waals surface area contributed by atoms with Crippen LogP contribution in [0.25, 0.3) is 16.3 Å². The zero-order valence-electron chi connectivity index (χ0n) is 18.0. The largest absolute Gasteiger partial charge is 0.493 e. The van der Waals surface area contributed by atoms with Gasteiger partial charge in [0.25, 0.3) is 0 Å². The van der Waals surface area contributed by atoms with Crippen molar-refractivity contribution in [2.75, 3.05) is 13.7 Å². The van der Waals surface area contributed by atoms with Gasteiger partial charge in [0.1, 0.15) is 10.8 Å². The Morgan fingerprint density at radius 2 is 1.94 bits per heavy atom. The summed E-state index contributed by atoms with van der Waals surface area (Å²) in [5.41, 5.74) is 3.16. The molecule has 1 saturated carbocycles. The molecule has 0 bridgehead atoms. The van der Waals surface area contributed by atoms with E-state index < -0.39 is 0 Å². The lowest BCUT2D eigenvalue weighted by Gasteiger charge is -2.10. The third kappa shape index (κ3) is 4.38. The smallest absolute Gasteiger partial charge is 0.196 e. The molecule has 6 nitrogen and oxygen atoms in total. The zero-order chi connectivity index (χ0) is 21.9. The fraction of sp³-hybridized carbons (Fsp3) is 0.292. The van der Waals surface area contributed by atoms with Crippen LogP contribution in [0.3, 0.4) is 0 Å². The highest BCUT2D eigenvalue weighted by Crippen LogP contribution is 2.41. The maximum absolute atomic E-state index is 5.62. The monoisotopic (exact) mass is 464 g/mol. The predicted molar refractivity (Wildman–Crippen MR) is 128 cm³/mol. The van der Waals surface area contributed by atoms with Gasteiger partial charge in [-0.05, 0) is 50.1 Å². The summed E-state index contributed by atoms with van der Waals surface area (Å²) in [7, 11) is 1.66. The van der Waals surface area contributed by atoms with Crippen LogP contribution in [0, 0.1) is 0 Å². The molecule has 1 fully saturated rings. The number of para-hydroxylation sites is 1. The Balaban J connectivity index is 1.34. The van der Waals surface area contributed by atoms with Crippen molar-refractivity contribution in [1.29, 1.82) is 0 Å².